The third kappa shape index (κ3) is 4.11. The van der Waals surface area contributed by atoms with Crippen LogP contribution in [0.1, 0.15) is 0 Å². The van der Waals surface area contributed by atoms with E-state index in [4.69, 9.17) is 9.40 Å². The average Bonchev–Trinajstić information content (AvgIpc) is 3.72. The van der Waals surface area contributed by atoms with Crippen molar-refractivity contribution in [2.45, 2.75) is 0 Å². The predicted molar refractivity (Wildman–Crippen MR) is 200 cm³/mol. The first-order valence-electron chi connectivity index (χ1n) is 16.3. The molecule has 0 saturated heterocycles. The molecule has 0 N–H and O–H groups in total. The Hall–Kier alpha value is -6.45. The Morgan fingerprint density at radius 2 is 1.06 bits per heavy atom. The maximum atomic E-state index is 6.64. The predicted octanol–water partition coefficient (Wildman–Crippen LogP) is 12.2. The number of fused-ring (bicyclic) bond motifs is 9. The molecule has 0 aliphatic heterocycles. The highest BCUT2D eigenvalue weighted by Crippen LogP contribution is 2.42. The van der Waals surface area contributed by atoms with Gasteiger partial charge in [-0.15, -0.1) is 0 Å². The smallest absolute Gasteiger partial charge is 0.160 e. The average molecular weight is 613 g/mol. The van der Waals surface area contributed by atoms with Crippen LogP contribution >= 0.6 is 0 Å². The number of rotatable bonds is 4. The fourth-order valence-electron chi connectivity index (χ4n) is 7.33. The number of nitrogens with zero attached hydrogens (tertiary/aromatic N) is 2. The van der Waals surface area contributed by atoms with Crippen LogP contribution < -0.4 is 0 Å². The van der Waals surface area contributed by atoms with Gasteiger partial charge in [0.05, 0.1) is 22.4 Å². The van der Waals surface area contributed by atoms with Crippen LogP contribution in [0.25, 0.3) is 93.8 Å². The molecule has 3 heteroatoms. The Bertz CT molecular complexity index is 2750. The van der Waals surface area contributed by atoms with E-state index in [2.05, 4.69) is 162 Å². The summed E-state index contributed by atoms with van der Waals surface area (Å²) in [4.78, 5) is 5.17. The number of hydrogen-bond donors (Lipinski definition) is 0. The molecule has 3 nitrogen and oxygen atoms in total. The van der Waals surface area contributed by atoms with E-state index < -0.39 is 0 Å². The van der Waals surface area contributed by atoms with Crippen molar-refractivity contribution in [3.8, 4) is 39.3 Å². The summed E-state index contributed by atoms with van der Waals surface area (Å²) in [7, 11) is 0. The number of hydrogen-bond acceptors (Lipinski definition) is 2. The molecule has 0 fully saturated rings. The molecule has 0 amide bonds. The largest absolute Gasteiger partial charge is 0.454 e. The minimum Gasteiger partial charge on any atom is -0.454 e. The van der Waals surface area contributed by atoms with Crippen molar-refractivity contribution in [1.82, 2.24) is 9.55 Å². The molecule has 0 unspecified atom stereocenters. The zero-order chi connectivity index (χ0) is 31.6. The monoisotopic (exact) mass is 612 g/mol. The molecule has 224 valence electrons. The Morgan fingerprint density at radius 1 is 0.438 bits per heavy atom. The second-order valence-electron chi connectivity index (χ2n) is 12.4. The summed E-state index contributed by atoms with van der Waals surface area (Å²) in [6.07, 6.45) is 0. The van der Waals surface area contributed by atoms with E-state index in [1.807, 2.05) is 12.1 Å². The van der Waals surface area contributed by atoms with Crippen LogP contribution in [0.4, 0.5) is 0 Å². The van der Waals surface area contributed by atoms with Crippen molar-refractivity contribution in [2.24, 2.45) is 0 Å². The number of benzene rings is 7. The second kappa shape index (κ2) is 10.5. The first-order valence-corrected chi connectivity index (χ1v) is 16.3. The molecule has 3 aromatic heterocycles. The van der Waals surface area contributed by atoms with Gasteiger partial charge in [-0.1, -0.05) is 127 Å². The van der Waals surface area contributed by atoms with Crippen molar-refractivity contribution in [1.29, 1.82) is 0 Å². The molecule has 0 bridgehead atoms. The van der Waals surface area contributed by atoms with Crippen molar-refractivity contribution < 1.29 is 4.42 Å². The molecule has 3 heterocycles. The van der Waals surface area contributed by atoms with Crippen molar-refractivity contribution in [3.63, 3.8) is 0 Å². The summed E-state index contributed by atoms with van der Waals surface area (Å²) in [5, 5.41) is 7.13. The first-order chi connectivity index (χ1) is 23.8. The molecular weight excluding hydrogens is 585 g/mol. The van der Waals surface area contributed by atoms with Crippen molar-refractivity contribution in [2.75, 3.05) is 0 Å². The van der Waals surface area contributed by atoms with Gasteiger partial charge in [0.25, 0.3) is 0 Å². The van der Waals surface area contributed by atoms with E-state index in [1.54, 1.807) is 0 Å². The highest BCUT2D eigenvalue weighted by Gasteiger charge is 2.20. The molecule has 10 aromatic rings. The summed E-state index contributed by atoms with van der Waals surface area (Å²) >= 11 is 0. The lowest BCUT2D eigenvalue weighted by Gasteiger charge is -2.12. The van der Waals surface area contributed by atoms with Crippen LogP contribution in [0.2, 0.25) is 0 Å². The van der Waals surface area contributed by atoms with Crippen molar-refractivity contribution in [3.05, 3.63) is 170 Å². The van der Waals surface area contributed by atoms with E-state index in [0.29, 0.717) is 0 Å². The van der Waals surface area contributed by atoms with Gasteiger partial charge in [-0.2, -0.15) is 0 Å². The molecule has 0 radical (unpaired) electrons. The Morgan fingerprint density at radius 3 is 1.83 bits per heavy atom. The Balaban J connectivity index is 1.20. The molecule has 0 aliphatic carbocycles. The lowest BCUT2D eigenvalue weighted by molar-refractivity contribution is 0.671. The number of para-hydroxylation sites is 1. The van der Waals surface area contributed by atoms with E-state index in [1.165, 1.54) is 27.1 Å². The van der Waals surface area contributed by atoms with Gasteiger partial charge in [-0.3, -0.25) is 0 Å². The van der Waals surface area contributed by atoms with E-state index in [0.717, 1.165) is 66.7 Å². The maximum Gasteiger partial charge on any atom is 0.160 e. The standard InChI is InChI=1S/C45H28N2O/c1-3-11-29(12-4-1)33-27-39(31-14-5-2-6-15-31)46-40(28-33)32-19-22-34(23-20-32)47-41-26-21-30-13-7-8-16-35(30)43(41)38-25-24-37-36-17-9-10-18-42(36)48-45(37)44(38)47/h1-28H. The second-order valence-corrected chi connectivity index (χ2v) is 12.4. The Kier molecular flexibility index (Phi) is 5.87. The summed E-state index contributed by atoms with van der Waals surface area (Å²) in [5.41, 5.74) is 11.5. The van der Waals surface area contributed by atoms with Crippen LogP contribution in [0.15, 0.2) is 174 Å². The summed E-state index contributed by atoms with van der Waals surface area (Å²) in [6.45, 7) is 0. The first kappa shape index (κ1) is 26.7. The van der Waals surface area contributed by atoms with Crippen LogP contribution in [-0.2, 0) is 0 Å². The van der Waals surface area contributed by atoms with Crippen LogP contribution in [-0.4, -0.2) is 9.55 Å². The maximum absolute atomic E-state index is 6.64. The lowest BCUT2D eigenvalue weighted by Crippen LogP contribution is -1.95. The molecule has 0 saturated carbocycles. The molecule has 7 aromatic carbocycles. The number of aromatic nitrogens is 2. The van der Waals surface area contributed by atoms with Crippen LogP contribution in [0.3, 0.4) is 0 Å². The molecule has 0 aliphatic rings. The van der Waals surface area contributed by atoms with Crippen LogP contribution in [0.5, 0.6) is 0 Å². The topological polar surface area (TPSA) is 31.0 Å². The number of pyridine rings is 1. The van der Waals surface area contributed by atoms with Gasteiger partial charge in [0.15, 0.2) is 5.58 Å². The molecule has 0 atom stereocenters. The SMILES string of the molecule is c1ccc(-c2cc(-c3ccccc3)nc(-c3ccc(-n4c5ccc6ccccc6c5c5ccc6c7ccccc7oc6c54)cc3)c2)cc1. The van der Waals surface area contributed by atoms with E-state index >= 15 is 0 Å². The Labute approximate surface area is 277 Å². The fraction of sp³-hybridized carbons (Fsp3) is 0. The fourth-order valence-corrected chi connectivity index (χ4v) is 7.33. The minimum atomic E-state index is 0.899. The summed E-state index contributed by atoms with van der Waals surface area (Å²) < 4.78 is 9.01. The molecular formula is C45H28N2O. The van der Waals surface area contributed by atoms with Gasteiger partial charge in [0.2, 0.25) is 0 Å². The van der Waals surface area contributed by atoms with Gasteiger partial charge in [0, 0.05) is 38.4 Å². The highest BCUT2D eigenvalue weighted by atomic mass is 16.3. The lowest BCUT2D eigenvalue weighted by atomic mass is 10.00. The quantitative estimate of drug-likeness (QED) is 0.198. The van der Waals surface area contributed by atoms with E-state index in [-0.39, 0.29) is 0 Å². The molecule has 10 rings (SSSR count). The van der Waals surface area contributed by atoms with Gasteiger partial charge < -0.3 is 8.98 Å². The highest BCUT2D eigenvalue weighted by molar-refractivity contribution is 6.27. The van der Waals surface area contributed by atoms with Crippen LogP contribution in [0, 0.1) is 0 Å². The summed E-state index contributed by atoms with van der Waals surface area (Å²) in [5.74, 6) is 0. The van der Waals surface area contributed by atoms with Gasteiger partial charge in [-0.05, 0) is 64.4 Å². The summed E-state index contributed by atoms with van der Waals surface area (Å²) in [6, 6.07) is 60.0. The third-order valence-electron chi connectivity index (χ3n) is 9.58. The zero-order valence-electron chi connectivity index (χ0n) is 26.0. The van der Waals surface area contributed by atoms with Gasteiger partial charge >= 0.3 is 0 Å². The van der Waals surface area contributed by atoms with Gasteiger partial charge in [0.1, 0.15) is 5.58 Å². The number of furan rings is 1. The molecule has 48 heavy (non-hydrogen) atoms. The van der Waals surface area contributed by atoms with Gasteiger partial charge in [-0.25, -0.2) is 4.98 Å². The van der Waals surface area contributed by atoms with Crippen molar-refractivity contribution >= 4 is 54.5 Å². The zero-order valence-corrected chi connectivity index (χ0v) is 26.0. The molecule has 0 spiro atoms. The minimum absolute atomic E-state index is 0.899. The third-order valence-corrected chi connectivity index (χ3v) is 9.58. The normalized spacial score (nSPS) is 11.8. The van der Waals surface area contributed by atoms with E-state index in [9.17, 15) is 0 Å².